The van der Waals surface area contributed by atoms with Crippen molar-refractivity contribution in [2.24, 2.45) is 5.92 Å². The van der Waals surface area contributed by atoms with Gasteiger partial charge in [-0.1, -0.05) is 73.3 Å². The minimum absolute atomic E-state index is 0.0176. The smallest absolute Gasteiger partial charge is 0.323 e. The van der Waals surface area contributed by atoms with Crippen molar-refractivity contribution in [3.8, 4) is 11.5 Å². The lowest BCUT2D eigenvalue weighted by atomic mass is 9.91. The zero-order valence-electron chi connectivity index (χ0n) is 25.2. The third-order valence-corrected chi connectivity index (χ3v) is 8.51. The fraction of sp³-hybridized carbons (Fsp3) is 0.194. The van der Waals surface area contributed by atoms with Crippen molar-refractivity contribution in [1.29, 1.82) is 0 Å². The van der Waals surface area contributed by atoms with Crippen LogP contribution in [0.1, 0.15) is 36.0 Å². The van der Waals surface area contributed by atoms with E-state index in [1.54, 1.807) is 42.7 Å². The Balaban J connectivity index is 1.14. The standard InChI is InChI=1S/C36H34N4O5S/c1-24-32(23-46-36-37-19-6-20-38-36)44-34(45-33(24)26-13-11-25(22-41)12-14-26)27-7-5-8-29(21-27)40-35(42)39-28-15-17-31(18-16-28)43-30-9-3-2-4-10-30/h2-21,24,32-34,41H,22-23H2,1H3,(H2,39,40,42)/t24-,32+,33+,34+/m0/s1. The number of benzene rings is 4. The predicted octanol–water partition coefficient (Wildman–Crippen LogP) is 7.99. The number of ether oxygens (including phenoxy) is 3. The Morgan fingerprint density at radius 1 is 0.804 bits per heavy atom. The molecular weight excluding hydrogens is 600 g/mol. The van der Waals surface area contributed by atoms with E-state index in [4.69, 9.17) is 14.2 Å². The average Bonchev–Trinajstić information content (AvgIpc) is 3.10. The van der Waals surface area contributed by atoms with Gasteiger partial charge in [0, 0.05) is 41.0 Å². The fourth-order valence-electron chi connectivity index (χ4n) is 5.11. The monoisotopic (exact) mass is 634 g/mol. The topological polar surface area (TPSA) is 115 Å². The van der Waals surface area contributed by atoms with Crippen molar-refractivity contribution in [2.45, 2.75) is 37.2 Å². The van der Waals surface area contributed by atoms with Crippen molar-refractivity contribution in [3.63, 3.8) is 0 Å². The molecule has 2 heterocycles. The Bertz CT molecular complexity index is 1710. The number of rotatable bonds is 10. The highest BCUT2D eigenvalue weighted by Crippen LogP contribution is 2.43. The van der Waals surface area contributed by atoms with Crippen LogP contribution in [0.5, 0.6) is 11.5 Å². The first-order chi connectivity index (χ1) is 22.5. The molecule has 0 bridgehead atoms. The summed E-state index contributed by atoms with van der Waals surface area (Å²) in [6, 6.07) is 33.3. The van der Waals surface area contributed by atoms with Gasteiger partial charge in [-0.15, -0.1) is 0 Å². The van der Waals surface area contributed by atoms with Crippen molar-refractivity contribution < 1.29 is 24.1 Å². The van der Waals surface area contributed by atoms with Crippen LogP contribution in [0.3, 0.4) is 0 Å². The van der Waals surface area contributed by atoms with Crippen LogP contribution in [0.25, 0.3) is 0 Å². The molecule has 1 fully saturated rings. The number of hydrogen-bond donors (Lipinski definition) is 3. The fourth-order valence-corrected chi connectivity index (χ4v) is 6.08. The highest BCUT2D eigenvalue weighted by atomic mass is 32.2. The molecule has 0 unspecified atom stereocenters. The minimum atomic E-state index is -0.678. The van der Waals surface area contributed by atoms with Gasteiger partial charge in [0.05, 0.1) is 18.8 Å². The predicted molar refractivity (Wildman–Crippen MR) is 178 cm³/mol. The number of aromatic nitrogens is 2. The Kier molecular flexibility index (Phi) is 10.2. The van der Waals surface area contributed by atoms with Gasteiger partial charge in [0.1, 0.15) is 11.5 Å². The second-order valence-electron chi connectivity index (χ2n) is 10.8. The molecule has 0 radical (unpaired) electrons. The van der Waals surface area contributed by atoms with Crippen molar-refractivity contribution in [1.82, 2.24) is 9.97 Å². The van der Waals surface area contributed by atoms with Gasteiger partial charge < -0.3 is 30.0 Å². The summed E-state index contributed by atoms with van der Waals surface area (Å²) in [4.78, 5) is 21.6. The van der Waals surface area contributed by atoms with Crippen LogP contribution in [0.2, 0.25) is 0 Å². The summed E-state index contributed by atoms with van der Waals surface area (Å²) in [6.45, 7) is 2.09. The first-order valence-electron chi connectivity index (χ1n) is 15.0. The number of carbonyl (C=O) groups is 1. The molecule has 4 atom stereocenters. The summed E-state index contributed by atoms with van der Waals surface area (Å²) in [7, 11) is 0. The van der Waals surface area contributed by atoms with Gasteiger partial charge in [0.25, 0.3) is 0 Å². The Hall–Kier alpha value is -4.74. The number of urea groups is 1. The lowest BCUT2D eigenvalue weighted by Crippen LogP contribution is -2.38. The highest BCUT2D eigenvalue weighted by Gasteiger charge is 2.38. The quantitative estimate of drug-likeness (QED) is 0.105. The average molecular weight is 635 g/mol. The summed E-state index contributed by atoms with van der Waals surface area (Å²) < 4.78 is 18.9. The Morgan fingerprint density at radius 3 is 2.26 bits per heavy atom. The molecule has 1 aromatic heterocycles. The number of aliphatic hydroxyl groups is 1. The van der Waals surface area contributed by atoms with E-state index in [9.17, 15) is 9.90 Å². The molecule has 2 amide bonds. The van der Waals surface area contributed by atoms with Crippen LogP contribution in [-0.2, 0) is 16.1 Å². The van der Waals surface area contributed by atoms with Crippen LogP contribution >= 0.6 is 11.8 Å². The van der Waals surface area contributed by atoms with E-state index in [2.05, 4.69) is 27.5 Å². The molecule has 0 spiro atoms. The number of thioether (sulfide) groups is 1. The van der Waals surface area contributed by atoms with Gasteiger partial charge in [-0.25, -0.2) is 14.8 Å². The zero-order valence-corrected chi connectivity index (χ0v) is 26.0. The summed E-state index contributed by atoms with van der Waals surface area (Å²) in [5.74, 6) is 2.06. The van der Waals surface area contributed by atoms with Crippen LogP contribution < -0.4 is 15.4 Å². The van der Waals surface area contributed by atoms with Gasteiger partial charge in [-0.05, 0) is 65.7 Å². The molecule has 234 valence electrons. The number of aliphatic hydroxyl groups excluding tert-OH is 1. The molecule has 1 aliphatic rings. The summed E-state index contributed by atoms with van der Waals surface area (Å²) in [5.41, 5.74) is 3.83. The molecule has 3 N–H and O–H groups in total. The Labute approximate surface area is 272 Å². The summed E-state index contributed by atoms with van der Waals surface area (Å²) >= 11 is 1.54. The number of anilines is 2. The number of carbonyl (C=O) groups excluding carboxylic acids is 1. The summed E-state index contributed by atoms with van der Waals surface area (Å²) in [5, 5.41) is 16.0. The molecular formula is C36H34N4O5S. The van der Waals surface area contributed by atoms with Gasteiger partial charge >= 0.3 is 6.03 Å². The number of nitrogens with zero attached hydrogens (tertiary/aromatic N) is 2. The molecule has 10 heteroatoms. The number of amides is 2. The Morgan fingerprint density at radius 2 is 1.52 bits per heavy atom. The van der Waals surface area contributed by atoms with E-state index in [0.717, 1.165) is 22.4 Å². The molecule has 4 aromatic carbocycles. The molecule has 6 rings (SSSR count). The van der Waals surface area contributed by atoms with E-state index >= 15 is 0 Å². The lowest BCUT2D eigenvalue weighted by molar-refractivity contribution is -0.268. The molecule has 5 aromatic rings. The van der Waals surface area contributed by atoms with E-state index in [1.807, 2.05) is 78.9 Å². The SMILES string of the molecule is C[C@H]1[C@@H](CSc2ncccn2)O[C@@H](c2cccc(NC(=O)Nc3ccc(Oc4ccccc4)cc3)c2)O[C@H]1c1ccc(CO)cc1. The van der Waals surface area contributed by atoms with E-state index in [-0.39, 0.29) is 30.8 Å². The maximum atomic E-state index is 12.9. The molecule has 0 aliphatic carbocycles. The molecule has 46 heavy (non-hydrogen) atoms. The maximum absolute atomic E-state index is 12.9. The third-order valence-electron chi connectivity index (χ3n) is 7.55. The van der Waals surface area contributed by atoms with Gasteiger partial charge in [-0.2, -0.15) is 0 Å². The molecule has 1 aliphatic heterocycles. The van der Waals surface area contributed by atoms with E-state index < -0.39 is 6.29 Å². The minimum Gasteiger partial charge on any atom is -0.457 e. The van der Waals surface area contributed by atoms with E-state index in [1.165, 1.54) is 11.8 Å². The molecule has 9 nitrogen and oxygen atoms in total. The van der Waals surface area contributed by atoms with Crippen molar-refractivity contribution in [2.75, 3.05) is 16.4 Å². The number of para-hydroxylation sites is 1. The van der Waals surface area contributed by atoms with Gasteiger partial charge in [-0.3, -0.25) is 0 Å². The second kappa shape index (κ2) is 15.0. The first kappa shape index (κ1) is 31.3. The molecule has 0 saturated carbocycles. The zero-order chi connectivity index (χ0) is 31.7. The molecule has 1 saturated heterocycles. The number of nitrogens with one attached hydrogen (secondary N) is 2. The third kappa shape index (κ3) is 8.09. The second-order valence-corrected chi connectivity index (χ2v) is 11.8. The van der Waals surface area contributed by atoms with E-state index in [0.29, 0.717) is 28.0 Å². The maximum Gasteiger partial charge on any atom is 0.323 e. The van der Waals surface area contributed by atoms with Crippen molar-refractivity contribution in [3.05, 3.63) is 138 Å². The van der Waals surface area contributed by atoms with Crippen molar-refractivity contribution >= 4 is 29.2 Å². The van der Waals surface area contributed by atoms with Crippen LogP contribution in [0.15, 0.2) is 127 Å². The lowest BCUT2D eigenvalue weighted by Gasteiger charge is -2.41. The summed E-state index contributed by atoms with van der Waals surface area (Å²) in [6.07, 6.45) is 2.33. The van der Waals surface area contributed by atoms with Crippen LogP contribution in [0, 0.1) is 5.92 Å². The first-order valence-corrected chi connectivity index (χ1v) is 15.9. The normalized spacial score (nSPS) is 19.3. The van der Waals surface area contributed by atoms with Gasteiger partial charge in [0.2, 0.25) is 0 Å². The number of hydrogen-bond acceptors (Lipinski definition) is 8. The largest absolute Gasteiger partial charge is 0.457 e. The van der Waals surface area contributed by atoms with Gasteiger partial charge in [0.15, 0.2) is 11.4 Å². The van der Waals surface area contributed by atoms with Crippen LogP contribution in [0.4, 0.5) is 16.2 Å². The highest BCUT2D eigenvalue weighted by molar-refractivity contribution is 7.99. The van der Waals surface area contributed by atoms with Crippen LogP contribution in [-0.4, -0.2) is 33.0 Å².